The molecule has 0 radical (unpaired) electrons. The fourth-order valence-electron chi connectivity index (χ4n) is 1.49. The van der Waals surface area contributed by atoms with Gasteiger partial charge in [-0.15, -0.1) is 0 Å². The average Bonchev–Trinajstić information content (AvgIpc) is 2.70. The van der Waals surface area contributed by atoms with E-state index >= 15 is 0 Å². The van der Waals surface area contributed by atoms with Crippen molar-refractivity contribution >= 4 is 12.6 Å². The second-order valence-corrected chi connectivity index (χ2v) is 3.20. The van der Waals surface area contributed by atoms with Crippen molar-refractivity contribution in [1.29, 1.82) is 0 Å². The lowest BCUT2D eigenvalue weighted by Gasteiger charge is -2.12. The SMILES string of the molecule is OB(O)c1cccc(C2OCCO2)c1F. The standard InChI is InChI=1S/C9H10BFO4/c11-8-6(9-14-4-5-15-9)2-1-3-7(8)10(12)13/h1-3,9,12-13H,4-5H2. The van der Waals surface area contributed by atoms with Gasteiger partial charge in [0.25, 0.3) is 0 Å². The van der Waals surface area contributed by atoms with E-state index < -0.39 is 19.2 Å². The van der Waals surface area contributed by atoms with Gasteiger partial charge in [0.1, 0.15) is 5.82 Å². The first kappa shape index (κ1) is 10.6. The summed E-state index contributed by atoms with van der Waals surface area (Å²) >= 11 is 0. The van der Waals surface area contributed by atoms with E-state index in [1.165, 1.54) is 18.2 Å². The summed E-state index contributed by atoms with van der Waals surface area (Å²) in [4.78, 5) is 0. The maximum atomic E-state index is 13.7. The molecule has 0 atom stereocenters. The van der Waals surface area contributed by atoms with Gasteiger partial charge in [-0.3, -0.25) is 0 Å². The Hall–Kier alpha value is -0.945. The summed E-state index contributed by atoms with van der Waals surface area (Å²) in [6, 6.07) is 4.33. The van der Waals surface area contributed by atoms with Gasteiger partial charge in [0, 0.05) is 11.0 Å². The van der Waals surface area contributed by atoms with Gasteiger partial charge in [-0.2, -0.15) is 0 Å². The number of ether oxygens (including phenoxy) is 2. The van der Waals surface area contributed by atoms with Crippen molar-refractivity contribution in [1.82, 2.24) is 0 Å². The number of hydrogen-bond acceptors (Lipinski definition) is 4. The molecule has 2 N–H and O–H groups in total. The van der Waals surface area contributed by atoms with Crippen LogP contribution in [0.5, 0.6) is 0 Å². The maximum Gasteiger partial charge on any atom is 0.491 e. The van der Waals surface area contributed by atoms with Gasteiger partial charge >= 0.3 is 7.12 Å². The summed E-state index contributed by atoms with van der Waals surface area (Å²) in [5, 5.41) is 17.8. The molecule has 4 nitrogen and oxygen atoms in total. The Morgan fingerprint density at radius 3 is 2.53 bits per heavy atom. The Balaban J connectivity index is 2.34. The number of hydrogen-bond donors (Lipinski definition) is 2. The molecule has 1 aromatic carbocycles. The molecule has 1 aliphatic rings. The molecular formula is C9H10BFO4. The van der Waals surface area contributed by atoms with Crippen LogP contribution >= 0.6 is 0 Å². The van der Waals surface area contributed by atoms with Crippen molar-refractivity contribution in [3.8, 4) is 0 Å². The molecule has 1 fully saturated rings. The Morgan fingerprint density at radius 1 is 1.27 bits per heavy atom. The van der Waals surface area contributed by atoms with Crippen LogP contribution < -0.4 is 5.46 Å². The van der Waals surface area contributed by atoms with Crippen LogP contribution in [-0.4, -0.2) is 30.4 Å². The highest BCUT2D eigenvalue weighted by molar-refractivity contribution is 6.58. The van der Waals surface area contributed by atoms with Crippen molar-refractivity contribution in [2.75, 3.05) is 13.2 Å². The van der Waals surface area contributed by atoms with Gasteiger partial charge < -0.3 is 19.5 Å². The molecule has 0 saturated carbocycles. The monoisotopic (exact) mass is 212 g/mol. The Morgan fingerprint density at radius 2 is 1.93 bits per heavy atom. The van der Waals surface area contributed by atoms with Crippen molar-refractivity contribution in [2.24, 2.45) is 0 Å². The predicted octanol–water partition coefficient (Wildman–Crippen LogP) is -0.449. The van der Waals surface area contributed by atoms with E-state index in [9.17, 15) is 4.39 Å². The topological polar surface area (TPSA) is 58.9 Å². The Labute approximate surface area is 86.4 Å². The van der Waals surface area contributed by atoms with Gasteiger partial charge in [0.15, 0.2) is 6.29 Å². The third kappa shape index (κ3) is 2.03. The van der Waals surface area contributed by atoms with Crippen LogP contribution in [0.3, 0.4) is 0 Å². The summed E-state index contributed by atoms with van der Waals surface area (Å²) in [5.41, 5.74) is 0.0182. The number of rotatable bonds is 2. The molecular weight excluding hydrogens is 202 g/mol. The summed E-state index contributed by atoms with van der Waals surface area (Å²) in [6.07, 6.45) is -0.747. The van der Waals surface area contributed by atoms with Gasteiger partial charge in [0.2, 0.25) is 0 Å². The molecule has 1 aliphatic heterocycles. The molecule has 0 aromatic heterocycles. The fourth-order valence-corrected chi connectivity index (χ4v) is 1.49. The second-order valence-electron chi connectivity index (χ2n) is 3.20. The van der Waals surface area contributed by atoms with E-state index in [0.717, 1.165) is 0 Å². The molecule has 1 aromatic rings. The zero-order valence-corrected chi connectivity index (χ0v) is 7.89. The summed E-state index contributed by atoms with van der Waals surface area (Å²) < 4.78 is 24.0. The molecule has 15 heavy (non-hydrogen) atoms. The molecule has 2 rings (SSSR count). The maximum absolute atomic E-state index is 13.7. The normalized spacial score (nSPS) is 17.0. The van der Waals surface area contributed by atoms with E-state index in [2.05, 4.69) is 0 Å². The largest absolute Gasteiger partial charge is 0.491 e. The average molecular weight is 212 g/mol. The number of halogens is 1. The molecule has 0 aliphatic carbocycles. The lowest BCUT2D eigenvalue weighted by Crippen LogP contribution is -2.33. The summed E-state index contributed by atoms with van der Waals surface area (Å²) in [6.45, 7) is 0.825. The molecule has 0 bridgehead atoms. The second kappa shape index (κ2) is 4.28. The third-order valence-electron chi connectivity index (χ3n) is 2.21. The van der Waals surface area contributed by atoms with Crippen molar-refractivity contribution < 1.29 is 23.9 Å². The van der Waals surface area contributed by atoms with E-state index in [-0.39, 0.29) is 11.0 Å². The van der Waals surface area contributed by atoms with Gasteiger partial charge in [-0.05, 0) is 0 Å². The summed E-state index contributed by atoms with van der Waals surface area (Å²) in [5.74, 6) is -0.695. The van der Waals surface area contributed by atoms with Crippen LogP contribution in [0.1, 0.15) is 11.9 Å². The van der Waals surface area contributed by atoms with Crippen LogP contribution in [0, 0.1) is 5.82 Å². The van der Waals surface area contributed by atoms with E-state index in [0.29, 0.717) is 13.2 Å². The van der Waals surface area contributed by atoms with Gasteiger partial charge in [-0.25, -0.2) is 4.39 Å². The highest BCUT2D eigenvalue weighted by atomic mass is 19.1. The van der Waals surface area contributed by atoms with Crippen LogP contribution in [0.2, 0.25) is 0 Å². The lowest BCUT2D eigenvalue weighted by atomic mass is 9.79. The number of benzene rings is 1. The fraction of sp³-hybridized carbons (Fsp3) is 0.333. The van der Waals surface area contributed by atoms with Gasteiger partial charge in [0.05, 0.1) is 13.2 Å². The van der Waals surface area contributed by atoms with E-state index in [1.807, 2.05) is 0 Å². The first-order chi connectivity index (χ1) is 7.20. The molecule has 1 heterocycles. The van der Waals surface area contributed by atoms with Crippen molar-refractivity contribution in [3.05, 3.63) is 29.6 Å². The minimum absolute atomic E-state index is 0.174. The highest BCUT2D eigenvalue weighted by Crippen LogP contribution is 2.24. The minimum Gasteiger partial charge on any atom is -0.423 e. The van der Waals surface area contributed by atoms with Crippen LogP contribution in [-0.2, 0) is 9.47 Å². The smallest absolute Gasteiger partial charge is 0.423 e. The van der Waals surface area contributed by atoms with Crippen LogP contribution in [0.15, 0.2) is 18.2 Å². The molecule has 0 amide bonds. The van der Waals surface area contributed by atoms with Crippen molar-refractivity contribution in [3.63, 3.8) is 0 Å². The zero-order valence-electron chi connectivity index (χ0n) is 7.89. The van der Waals surface area contributed by atoms with E-state index in [1.54, 1.807) is 0 Å². The first-order valence-electron chi connectivity index (χ1n) is 4.58. The molecule has 80 valence electrons. The predicted molar refractivity (Wildman–Crippen MR) is 50.9 cm³/mol. The van der Waals surface area contributed by atoms with Crippen LogP contribution in [0.4, 0.5) is 4.39 Å². The van der Waals surface area contributed by atoms with Crippen molar-refractivity contribution in [2.45, 2.75) is 6.29 Å². The molecule has 6 heteroatoms. The highest BCUT2D eigenvalue weighted by Gasteiger charge is 2.26. The minimum atomic E-state index is -1.83. The first-order valence-corrected chi connectivity index (χ1v) is 4.58. The van der Waals surface area contributed by atoms with Gasteiger partial charge in [-0.1, -0.05) is 18.2 Å². The van der Waals surface area contributed by atoms with E-state index in [4.69, 9.17) is 19.5 Å². The molecule has 0 unspecified atom stereocenters. The Kier molecular flexibility index (Phi) is 3.02. The Bertz CT molecular complexity index is 352. The molecule has 1 saturated heterocycles. The third-order valence-corrected chi connectivity index (χ3v) is 2.21. The quantitative estimate of drug-likeness (QED) is 0.652. The lowest BCUT2D eigenvalue weighted by molar-refractivity contribution is -0.0463. The van der Waals surface area contributed by atoms with Crippen LogP contribution in [0.25, 0.3) is 0 Å². The summed E-state index contributed by atoms with van der Waals surface area (Å²) in [7, 11) is -1.83. The molecule has 0 spiro atoms. The zero-order chi connectivity index (χ0) is 10.8.